The van der Waals surface area contributed by atoms with Gasteiger partial charge in [-0.05, 0) is 92.8 Å². The summed E-state index contributed by atoms with van der Waals surface area (Å²) in [4.78, 5) is 12.8. The summed E-state index contributed by atoms with van der Waals surface area (Å²) in [5.74, 6) is 1.43. The molecule has 0 unspecified atom stereocenters. The summed E-state index contributed by atoms with van der Waals surface area (Å²) >= 11 is 0. The van der Waals surface area contributed by atoms with Crippen LogP contribution in [0.3, 0.4) is 0 Å². The Hall–Kier alpha value is -0.250. The van der Waals surface area contributed by atoms with Crippen LogP contribution in [0.4, 0.5) is 8.78 Å². The Morgan fingerprint density at radius 1 is 1.07 bits per heavy atom. The number of ketones is 1. The molecule has 2 N–H and O–H groups in total. The smallest absolute Gasteiger partial charge is 0.320 e. The number of Topliss-reactive ketones (excluding diaryl/α,β-unsaturated/α-hetero) is 1. The van der Waals surface area contributed by atoms with Gasteiger partial charge in [0.15, 0.2) is 0 Å². The van der Waals surface area contributed by atoms with Gasteiger partial charge in [-0.3, -0.25) is 9.35 Å². The van der Waals surface area contributed by atoms with E-state index in [4.69, 9.17) is 4.55 Å². The van der Waals surface area contributed by atoms with Crippen LogP contribution in [-0.2, 0) is 13.9 Å². The Bertz CT molecular complexity index is 790. The number of carbonyl (C=O) groups excluding carboxylic acids is 1. The normalized spacial score (nSPS) is 46.2. The molecule has 0 aromatic heterocycles. The molecule has 4 aliphatic carbocycles. The van der Waals surface area contributed by atoms with Crippen LogP contribution in [0.25, 0.3) is 0 Å². The Morgan fingerprint density at radius 3 is 2.43 bits per heavy atom. The number of hydrogen-bond acceptors (Lipinski definition) is 5. The fraction of sp³-hybridized carbons (Fsp3) is 0.952. The number of fused-ring (bicyclic) bond motifs is 5. The third-order valence-electron chi connectivity index (χ3n) is 9.19. The van der Waals surface area contributed by atoms with Gasteiger partial charge in [0.1, 0.15) is 11.4 Å². The molecule has 4 aliphatic rings. The Kier molecular flexibility index (Phi) is 6.08. The summed E-state index contributed by atoms with van der Waals surface area (Å²) in [5.41, 5.74) is -1.98. The van der Waals surface area contributed by atoms with Crippen LogP contribution in [-0.4, -0.2) is 41.6 Å². The first-order chi connectivity index (χ1) is 13.9. The summed E-state index contributed by atoms with van der Waals surface area (Å²) in [7, 11) is -3.92. The molecular weight excluding hydrogens is 434 g/mol. The number of rotatable bonds is 5. The fourth-order valence-electron chi connectivity index (χ4n) is 7.87. The lowest BCUT2D eigenvalue weighted by Gasteiger charge is -2.57. The van der Waals surface area contributed by atoms with E-state index in [-0.39, 0.29) is 41.6 Å². The highest BCUT2D eigenvalue weighted by Gasteiger charge is 2.59. The Labute approximate surface area is 180 Å². The second-order valence-electron chi connectivity index (χ2n) is 10.4. The van der Waals surface area contributed by atoms with E-state index in [2.05, 4.69) is 6.92 Å². The monoisotopic (exact) mass is 466 g/mol. The summed E-state index contributed by atoms with van der Waals surface area (Å²) in [6, 6.07) is 0. The van der Waals surface area contributed by atoms with Crippen LogP contribution in [0, 0.1) is 40.9 Å². The lowest BCUT2D eigenvalue weighted by molar-refractivity contribution is -0.160. The van der Waals surface area contributed by atoms with E-state index in [0.29, 0.717) is 40.9 Å². The molecule has 30 heavy (non-hydrogen) atoms. The average Bonchev–Trinajstić information content (AvgIpc) is 3.02. The van der Waals surface area contributed by atoms with Gasteiger partial charge < -0.3 is 5.11 Å². The molecule has 8 atom stereocenters. The van der Waals surface area contributed by atoms with Crippen molar-refractivity contribution in [2.75, 3.05) is 5.75 Å². The Balaban J connectivity index is 1.46. The van der Waals surface area contributed by atoms with Crippen LogP contribution in [0.2, 0.25) is 0 Å². The zero-order valence-electron chi connectivity index (χ0n) is 17.3. The van der Waals surface area contributed by atoms with Crippen LogP contribution < -0.4 is 0 Å². The molecule has 4 fully saturated rings. The standard InChI is InChI=1S/C21H32F2O5S2/c1-20-8-6-14-13-7-9-21(25,19(22)23)10-12(13)2-3-15(14)16(20)4-5-17(20)18(24)11-29-30(26,27)28/h12-17,19,25H,2-11H2,1H3,(H,26,27,28)/t12-,13-,14+,15+,16-,17+,20-,21+/m0/s1. The first-order valence-electron chi connectivity index (χ1n) is 11.1. The van der Waals surface area contributed by atoms with E-state index in [9.17, 15) is 27.1 Å². The van der Waals surface area contributed by atoms with Crippen LogP contribution >= 0.6 is 10.8 Å². The van der Waals surface area contributed by atoms with Crippen molar-refractivity contribution in [2.45, 2.75) is 76.7 Å². The molecule has 172 valence electrons. The predicted molar refractivity (Wildman–Crippen MR) is 111 cm³/mol. The van der Waals surface area contributed by atoms with Crippen molar-refractivity contribution in [3.8, 4) is 0 Å². The zero-order chi connectivity index (χ0) is 21.9. The van der Waals surface area contributed by atoms with Gasteiger partial charge in [0, 0.05) is 16.7 Å². The molecule has 4 rings (SSSR count). The van der Waals surface area contributed by atoms with Crippen molar-refractivity contribution in [3.05, 3.63) is 0 Å². The third-order valence-corrected chi connectivity index (χ3v) is 11.1. The molecule has 0 aromatic rings. The molecule has 0 amide bonds. The van der Waals surface area contributed by atoms with E-state index in [1.54, 1.807) is 0 Å². The second kappa shape index (κ2) is 7.96. The molecule has 0 aromatic carbocycles. The highest BCUT2D eigenvalue weighted by molar-refractivity contribution is 8.70. The topological polar surface area (TPSA) is 91.7 Å². The van der Waals surface area contributed by atoms with E-state index < -0.39 is 21.2 Å². The molecule has 4 saturated carbocycles. The van der Waals surface area contributed by atoms with Crippen LogP contribution in [0.15, 0.2) is 0 Å². The highest BCUT2D eigenvalue weighted by atomic mass is 33.1. The lowest BCUT2D eigenvalue weighted by atomic mass is 9.49. The summed E-state index contributed by atoms with van der Waals surface area (Å²) in [5, 5.41) is 10.3. The van der Waals surface area contributed by atoms with Gasteiger partial charge in [-0.1, -0.05) is 6.92 Å². The van der Waals surface area contributed by atoms with Gasteiger partial charge in [-0.15, -0.1) is 0 Å². The second-order valence-corrected chi connectivity index (χ2v) is 13.8. The maximum atomic E-state index is 13.3. The van der Waals surface area contributed by atoms with Gasteiger partial charge >= 0.3 is 9.15 Å². The largest absolute Gasteiger partial charge is 0.384 e. The highest BCUT2D eigenvalue weighted by Crippen LogP contribution is 2.65. The van der Waals surface area contributed by atoms with Crippen molar-refractivity contribution >= 4 is 25.7 Å². The molecule has 0 heterocycles. The number of alkyl halides is 2. The van der Waals surface area contributed by atoms with Gasteiger partial charge in [-0.2, -0.15) is 8.42 Å². The fourth-order valence-corrected chi connectivity index (χ4v) is 9.13. The Morgan fingerprint density at radius 2 is 1.77 bits per heavy atom. The van der Waals surface area contributed by atoms with E-state index in [1.165, 1.54) is 0 Å². The molecule has 0 aliphatic heterocycles. The van der Waals surface area contributed by atoms with E-state index in [0.717, 1.165) is 38.5 Å². The molecule has 5 nitrogen and oxygen atoms in total. The summed E-state index contributed by atoms with van der Waals surface area (Å²) in [6.07, 6.45) is 3.75. The molecular formula is C21H32F2O5S2. The SMILES string of the molecule is C[C@]12CC[C@H]3[C@@H](CC[C@H]4C[C@@](O)(C(F)F)CC[C@@H]43)[C@@H]1CC[C@@H]2C(=O)CSS(=O)(=O)O. The minimum absolute atomic E-state index is 0.0885. The molecule has 9 heteroatoms. The lowest BCUT2D eigenvalue weighted by Crippen LogP contribution is -2.53. The predicted octanol–water partition coefficient (Wildman–Crippen LogP) is 4.36. The zero-order valence-corrected chi connectivity index (χ0v) is 18.9. The summed E-state index contributed by atoms with van der Waals surface area (Å²) < 4.78 is 57.7. The minimum Gasteiger partial charge on any atom is -0.384 e. The minimum atomic E-state index is -4.22. The molecule has 0 spiro atoms. The first-order valence-corrected chi connectivity index (χ1v) is 14.0. The third kappa shape index (κ3) is 3.97. The van der Waals surface area contributed by atoms with Crippen LogP contribution in [0.1, 0.15) is 64.7 Å². The maximum Gasteiger partial charge on any atom is 0.320 e. The number of hydrogen-bond donors (Lipinski definition) is 2. The average molecular weight is 467 g/mol. The van der Waals surface area contributed by atoms with E-state index >= 15 is 0 Å². The quantitative estimate of drug-likeness (QED) is 0.462. The molecule has 0 saturated heterocycles. The maximum absolute atomic E-state index is 13.3. The molecule has 0 bridgehead atoms. The van der Waals surface area contributed by atoms with Crippen molar-refractivity contribution in [1.82, 2.24) is 0 Å². The van der Waals surface area contributed by atoms with Gasteiger partial charge in [0.2, 0.25) is 0 Å². The van der Waals surface area contributed by atoms with Gasteiger partial charge in [0.25, 0.3) is 6.43 Å². The van der Waals surface area contributed by atoms with E-state index in [1.807, 2.05) is 0 Å². The number of halogens is 2. The van der Waals surface area contributed by atoms with Crippen molar-refractivity contribution in [3.63, 3.8) is 0 Å². The number of carbonyl (C=O) groups is 1. The first kappa shape index (κ1) is 22.9. The summed E-state index contributed by atoms with van der Waals surface area (Å²) in [6.45, 7) is 2.17. The van der Waals surface area contributed by atoms with Crippen LogP contribution in [0.5, 0.6) is 0 Å². The van der Waals surface area contributed by atoms with Crippen molar-refractivity contribution in [2.24, 2.45) is 40.9 Å². The number of aliphatic hydroxyl groups is 1. The van der Waals surface area contributed by atoms with Crippen molar-refractivity contribution < 1.29 is 31.7 Å². The van der Waals surface area contributed by atoms with Crippen molar-refractivity contribution in [1.29, 1.82) is 0 Å². The van der Waals surface area contributed by atoms with Gasteiger partial charge in [0.05, 0.1) is 5.75 Å². The van der Waals surface area contributed by atoms with Gasteiger partial charge in [-0.25, -0.2) is 8.78 Å². The molecule has 0 radical (unpaired) electrons.